The number of hydrogen-bond donors (Lipinski definition) is 2. The van der Waals surface area contributed by atoms with Gasteiger partial charge in [0.15, 0.2) is 5.65 Å². The van der Waals surface area contributed by atoms with Crippen LogP contribution >= 0.6 is 0 Å². The van der Waals surface area contributed by atoms with E-state index in [2.05, 4.69) is 10.4 Å². The monoisotopic (exact) mass is 382 g/mol. The first-order valence-electron chi connectivity index (χ1n) is 9.59. The third kappa shape index (κ3) is 3.69. The van der Waals surface area contributed by atoms with Crippen molar-refractivity contribution in [1.82, 2.24) is 19.9 Å². The highest BCUT2D eigenvalue weighted by Crippen LogP contribution is 2.23. The first kappa shape index (κ1) is 19.8. The van der Waals surface area contributed by atoms with Crippen molar-refractivity contribution < 1.29 is 14.7 Å². The molecule has 7 heteroatoms. The van der Waals surface area contributed by atoms with E-state index in [1.54, 1.807) is 0 Å². The van der Waals surface area contributed by atoms with Crippen LogP contribution < -0.4 is 5.32 Å². The third-order valence-electron chi connectivity index (χ3n) is 5.42. The zero-order valence-corrected chi connectivity index (χ0v) is 16.7. The summed E-state index contributed by atoms with van der Waals surface area (Å²) in [5.41, 5.74) is 4.46. The molecular formula is C21H26N4O3. The second-order valence-electron chi connectivity index (χ2n) is 7.28. The van der Waals surface area contributed by atoms with E-state index in [0.29, 0.717) is 12.8 Å². The van der Waals surface area contributed by atoms with Crippen molar-refractivity contribution in [2.75, 3.05) is 0 Å². The van der Waals surface area contributed by atoms with E-state index in [9.17, 15) is 14.7 Å². The Kier molecular flexibility index (Phi) is 5.63. The van der Waals surface area contributed by atoms with Gasteiger partial charge >= 0.3 is 5.97 Å². The Labute approximate surface area is 163 Å². The molecule has 0 aliphatic carbocycles. The first-order chi connectivity index (χ1) is 13.3. The third-order valence-corrected chi connectivity index (χ3v) is 5.42. The number of amides is 1. The van der Waals surface area contributed by atoms with Crippen molar-refractivity contribution in [2.24, 2.45) is 5.92 Å². The number of fused-ring (bicyclic) bond motifs is 3. The summed E-state index contributed by atoms with van der Waals surface area (Å²) in [6, 6.07) is 6.99. The zero-order chi connectivity index (χ0) is 20.4. The van der Waals surface area contributed by atoms with Crippen LogP contribution in [-0.4, -0.2) is 37.6 Å². The molecule has 2 atom stereocenters. The molecule has 1 aromatic carbocycles. The van der Waals surface area contributed by atoms with E-state index in [1.807, 2.05) is 56.5 Å². The second kappa shape index (κ2) is 7.96. The Bertz CT molecular complexity index is 1040. The topological polar surface area (TPSA) is 96.6 Å². The maximum absolute atomic E-state index is 12.4. The Hall–Kier alpha value is -2.96. The number of carboxylic acids is 1. The zero-order valence-electron chi connectivity index (χ0n) is 16.7. The lowest BCUT2D eigenvalue weighted by molar-refractivity contribution is -0.143. The Morgan fingerprint density at radius 2 is 1.96 bits per heavy atom. The molecule has 0 unspecified atom stereocenters. The molecule has 28 heavy (non-hydrogen) atoms. The van der Waals surface area contributed by atoms with Gasteiger partial charge in [0.1, 0.15) is 6.04 Å². The van der Waals surface area contributed by atoms with Crippen LogP contribution in [0.15, 0.2) is 24.3 Å². The van der Waals surface area contributed by atoms with E-state index in [4.69, 9.17) is 4.98 Å². The Balaban J connectivity index is 1.81. The molecule has 3 aromatic rings. The summed E-state index contributed by atoms with van der Waals surface area (Å²) in [7, 11) is 0. The molecule has 2 heterocycles. The fourth-order valence-electron chi connectivity index (χ4n) is 3.51. The maximum Gasteiger partial charge on any atom is 0.326 e. The van der Waals surface area contributed by atoms with Crippen molar-refractivity contribution in [3.8, 4) is 0 Å². The van der Waals surface area contributed by atoms with E-state index >= 15 is 0 Å². The van der Waals surface area contributed by atoms with Crippen LogP contribution in [0.1, 0.15) is 43.6 Å². The molecule has 0 aliphatic heterocycles. The van der Waals surface area contributed by atoms with Crippen molar-refractivity contribution in [1.29, 1.82) is 0 Å². The predicted molar refractivity (Wildman–Crippen MR) is 107 cm³/mol. The fraction of sp³-hybridized carbons (Fsp3) is 0.429. The highest BCUT2D eigenvalue weighted by Gasteiger charge is 2.25. The summed E-state index contributed by atoms with van der Waals surface area (Å²) < 4.78 is 1.82. The van der Waals surface area contributed by atoms with Crippen LogP contribution in [0.2, 0.25) is 0 Å². The number of aliphatic carboxylic acids is 1. The van der Waals surface area contributed by atoms with Crippen molar-refractivity contribution in [2.45, 2.75) is 53.0 Å². The quantitative estimate of drug-likeness (QED) is 0.655. The summed E-state index contributed by atoms with van der Waals surface area (Å²) in [5.74, 6) is -1.39. The van der Waals surface area contributed by atoms with Crippen LogP contribution in [0.5, 0.6) is 0 Å². The molecule has 0 radical (unpaired) electrons. The molecule has 3 rings (SSSR count). The molecule has 0 aliphatic rings. The fourth-order valence-corrected chi connectivity index (χ4v) is 3.51. The lowest BCUT2D eigenvalue weighted by atomic mass is 9.99. The SMILES string of the molecule is CC[C@H](C)[C@H](NC(=O)CCc1c(C)nc2c3ccccc3nn2c1C)C(=O)O. The summed E-state index contributed by atoms with van der Waals surface area (Å²) in [6.07, 6.45) is 1.37. The van der Waals surface area contributed by atoms with Crippen molar-refractivity contribution in [3.63, 3.8) is 0 Å². The summed E-state index contributed by atoms with van der Waals surface area (Å²) in [6.45, 7) is 7.64. The Morgan fingerprint density at radius 3 is 2.64 bits per heavy atom. The number of aromatic nitrogens is 3. The highest BCUT2D eigenvalue weighted by atomic mass is 16.4. The van der Waals surface area contributed by atoms with Gasteiger partial charge in [0.25, 0.3) is 0 Å². The summed E-state index contributed by atoms with van der Waals surface area (Å²) >= 11 is 0. The number of nitrogens with one attached hydrogen (secondary N) is 1. The van der Waals surface area contributed by atoms with Gasteiger partial charge in [0, 0.05) is 23.2 Å². The number of hydrogen-bond acceptors (Lipinski definition) is 4. The minimum absolute atomic E-state index is 0.126. The molecule has 148 valence electrons. The Morgan fingerprint density at radius 1 is 1.25 bits per heavy atom. The highest BCUT2D eigenvalue weighted by molar-refractivity contribution is 5.92. The minimum Gasteiger partial charge on any atom is -0.480 e. The number of aryl methyl sites for hydroxylation is 2. The number of nitrogens with zero attached hydrogens (tertiary/aromatic N) is 3. The van der Waals surface area contributed by atoms with Crippen LogP contribution in [-0.2, 0) is 16.0 Å². The number of benzene rings is 1. The van der Waals surface area contributed by atoms with Gasteiger partial charge in [-0.05, 0) is 43.9 Å². The molecule has 1 amide bonds. The largest absolute Gasteiger partial charge is 0.480 e. The molecule has 0 saturated heterocycles. The summed E-state index contributed by atoms with van der Waals surface area (Å²) in [4.78, 5) is 28.5. The number of rotatable bonds is 7. The van der Waals surface area contributed by atoms with Gasteiger partial charge < -0.3 is 10.4 Å². The van der Waals surface area contributed by atoms with Gasteiger partial charge in [-0.15, -0.1) is 0 Å². The van der Waals surface area contributed by atoms with Gasteiger partial charge in [-0.2, -0.15) is 5.10 Å². The van der Waals surface area contributed by atoms with Gasteiger partial charge in [0.2, 0.25) is 5.91 Å². The van der Waals surface area contributed by atoms with Crippen LogP contribution in [0.4, 0.5) is 0 Å². The van der Waals surface area contributed by atoms with E-state index in [0.717, 1.165) is 33.5 Å². The van der Waals surface area contributed by atoms with E-state index < -0.39 is 12.0 Å². The lowest BCUT2D eigenvalue weighted by Crippen LogP contribution is -2.45. The normalized spacial score (nSPS) is 13.6. The smallest absolute Gasteiger partial charge is 0.326 e. The average Bonchev–Trinajstić information content (AvgIpc) is 3.04. The molecule has 2 aromatic heterocycles. The summed E-state index contributed by atoms with van der Waals surface area (Å²) in [5, 5.41) is 17.6. The van der Waals surface area contributed by atoms with E-state index in [1.165, 1.54) is 0 Å². The molecule has 0 spiro atoms. The van der Waals surface area contributed by atoms with Crippen LogP contribution in [0, 0.1) is 19.8 Å². The lowest BCUT2D eigenvalue weighted by Gasteiger charge is -2.20. The predicted octanol–water partition coefficient (Wildman–Crippen LogP) is 3.05. The number of carboxylic acid groups (broad SMARTS) is 1. The standard InChI is InChI=1S/C21H26N4O3/c1-5-12(2)19(21(27)28)23-18(26)11-10-15-13(3)22-20-16-8-6-7-9-17(16)24-25(20)14(15)4/h6-9,12,19H,5,10-11H2,1-4H3,(H,23,26)(H,27,28)/t12-,19-/m0/s1. The number of carbonyl (C=O) groups is 2. The van der Waals surface area contributed by atoms with Crippen LogP contribution in [0.25, 0.3) is 16.6 Å². The molecular weight excluding hydrogens is 356 g/mol. The molecule has 0 bridgehead atoms. The van der Waals surface area contributed by atoms with Gasteiger partial charge in [0.05, 0.1) is 5.52 Å². The molecule has 7 nitrogen and oxygen atoms in total. The molecule has 0 fully saturated rings. The van der Waals surface area contributed by atoms with Crippen molar-refractivity contribution in [3.05, 3.63) is 41.2 Å². The first-order valence-corrected chi connectivity index (χ1v) is 9.59. The van der Waals surface area contributed by atoms with E-state index in [-0.39, 0.29) is 18.2 Å². The van der Waals surface area contributed by atoms with Crippen LogP contribution in [0.3, 0.4) is 0 Å². The number of carbonyl (C=O) groups excluding carboxylic acids is 1. The van der Waals surface area contributed by atoms with Gasteiger partial charge in [-0.3, -0.25) is 4.79 Å². The van der Waals surface area contributed by atoms with Gasteiger partial charge in [-0.1, -0.05) is 32.4 Å². The average molecular weight is 382 g/mol. The molecule has 2 N–H and O–H groups in total. The van der Waals surface area contributed by atoms with Crippen molar-refractivity contribution >= 4 is 28.4 Å². The second-order valence-corrected chi connectivity index (χ2v) is 7.28. The molecule has 0 saturated carbocycles. The maximum atomic E-state index is 12.4. The van der Waals surface area contributed by atoms with Gasteiger partial charge in [-0.25, -0.2) is 14.3 Å². The minimum atomic E-state index is -0.999.